The van der Waals surface area contributed by atoms with E-state index in [1.54, 1.807) is 30.9 Å². The maximum absolute atomic E-state index is 14.9. The number of pyridine rings is 1. The third-order valence-corrected chi connectivity index (χ3v) is 6.78. The van der Waals surface area contributed by atoms with E-state index in [4.69, 9.17) is 4.74 Å². The molecular formula is C26H26FN7O2. The molecule has 6 rings (SSSR count). The molecule has 2 fully saturated rings. The van der Waals surface area contributed by atoms with Gasteiger partial charge in [0.05, 0.1) is 23.3 Å². The first-order chi connectivity index (χ1) is 17.6. The molecule has 0 spiro atoms. The summed E-state index contributed by atoms with van der Waals surface area (Å²) in [5, 5.41) is 11.1. The van der Waals surface area contributed by atoms with Crippen molar-refractivity contribution in [1.82, 2.24) is 29.3 Å². The molecule has 9 nitrogen and oxygen atoms in total. The third kappa shape index (κ3) is 4.39. The van der Waals surface area contributed by atoms with Gasteiger partial charge in [-0.2, -0.15) is 0 Å². The smallest absolute Gasteiger partial charge is 0.259 e. The first-order valence-corrected chi connectivity index (χ1v) is 12.2. The topological polar surface area (TPSA) is 99.8 Å². The van der Waals surface area contributed by atoms with Crippen molar-refractivity contribution in [3.8, 4) is 17.2 Å². The first-order valence-electron chi connectivity index (χ1n) is 12.2. The van der Waals surface area contributed by atoms with Crippen LogP contribution in [0.3, 0.4) is 0 Å². The van der Waals surface area contributed by atoms with Crippen LogP contribution in [0.1, 0.15) is 59.3 Å². The minimum atomic E-state index is -0.591. The molecule has 1 amide bonds. The number of carbonyl (C=O) groups is 1. The molecular weight excluding hydrogens is 461 g/mol. The number of hydrogen-bond donors (Lipinski definition) is 1. The minimum absolute atomic E-state index is 0.0603. The second kappa shape index (κ2) is 9.27. The number of halogens is 1. The number of rotatable bonds is 6. The summed E-state index contributed by atoms with van der Waals surface area (Å²) in [4.78, 5) is 22.1. The number of aryl methyl sites for hydroxylation is 1. The lowest BCUT2D eigenvalue weighted by atomic mass is 10.1. The maximum Gasteiger partial charge on any atom is 0.259 e. The second-order valence-electron chi connectivity index (χ2n) is 9.37. The van der Waals surface area contributed by atoms with Crippen molar-refractivity contribution in [2.75, 3.05) is 18.5 Å². The van der Waals surface area contributed by atoms with Gasteiger partial charge in [0, 0.05) is 31.4 Å². The van der Waals surface area contributed by atoms with E-state index < -0.39 is 11.7 Å². The number of benzene rings is 1. The highest BCUT2D eigenvalue weighted by Crippen LogP contribution is 2.39. The number of ether oxygens (including phenoxy) is 1. The Labute approximate surface area is 207 Å². The summed E-state index contributed by atoms with van der Waals surface area (Å²) in [5.74, 6) is 0.261. The van der Waals surface area contributed by atoms with Gasteiger partial charge in [-0.05, 0) is 62.4 Å². The van der Waals surface area contributed by atoms with Crippen LogP contribution in [0.2, 0.25) is 0 Å². The highest BCUT2D eigenvalue weighted by Gasteiger charge is 2.26. The maximum atomic E-state index is 14.9. The molecule has 10 heteroatoms. The van der Waals surface area contributed by atoms with Crippen molar-refractivity contribution < 1.29 is 13.9 Å². The summed E-state index contributed by atoms with van der Waals surface area (Å²) in [6.45, 7) is 3.20. The Morgan fingerprint density at radius 1 is 1.14 bits per heavy atom. The zero-order valence-corrected chi connectivity index (χ0v) is 19.9. The molecule has 0 radical (unpaired) electrons. The molecule has 1 saturated heterocycles. The molecule has 1 N–H and O–H groups in total. The van der Waals surface area contributed by atoms with Gasteiger partial charge in [-0.3, -0.25) is 4.79 Å². The van der Waals surface area contributed by atoms with Crippen molar-refractivity contribution in [1.29, 1.82) is 0 Å². The third-order valence-electron chi connectivity index (χ3n) is 6.78. The SMILES string of the molecule is Cc1cc(F)c(C(=O)Nc2cccc(-c3nncn3C3CCOCC3)n2)cc1-n1cnc(C2CC2)c1. The lowest BCUT2D eigenvalue weighted by molar-refractivity contribution is 0.0699. The van der Waals surface area contributed by atoms with Crippen molar-refractivity contribution in [2.45, 2.75) is 44.6 Å². The van der Waals surface area contributed by atoms with Gasteiger partial charge in [-0.1, -0.05) is 6.07 Å². The van der Waals surface area contributed by atoms with Crippen molar-refractivity contribution in [2.24, 2.45) is 0 Å². The number of imidazole rings is 1. The summed E-state index contributed by atoms with van der Waals surface area (Å²) < 4.78 is 24.2. The van der Waals surface area contributed by atoms with Gasteiger partial charge >= 0.3 is 0 Å². The fourth-order valence-electron chi connectivity index (χ4n) is 4.64. The van der Waals surface area contributed by atoms with Crippen LogP contribution in [0.5, 0.6) is 0 Å². The van der Waals surface area contributed by atoms with E-state index in [2.05, 4.69) is 25.5 Å². The van der Waals surface area contributed by atoms with E-state index in [0.717, 1.165) is 36.9 Å². The van der Waals surface area contributed by atoms with E-state index in [1.807, 2.05) is 28.3 Å². The number of carbonyl (C=O) groups excluding carboxylic acids is 1. The molecule has 36 heavy (non-hydrogen) atoms. The Kier molecular flexibility index (Phi) is 5.80. The van der Waals surface area contributed by atoms with Gasteiger partial charge in [0.1, 0.15) is 23.7 Å². The monoisotopic (exact) mass is 487 g/mol. The number of amides is 1. The number of aromatic nitrogens is 6. The number of hydrogen-bond acceptors (Lipinski definition) is 6. The molecule has 4 heterocycles. The summed E-state index contributed by atoms with van der Waals surface area (Å²) in [5.41, 5.74) is 2.98. The van der Waals surface area contributed by atoms with Crippen LogP contribution in [0, 0.1) is 12.7 Å². The summed E-state index contributed by atoms with van der Waals surface area (Å²) in [6.07, 6.45) is 9.40. The zero-order chi connectivity index (χ0) is 24.6. The quantitative estimate of drug-likeness (QED) is 0.431. The van der Waals surface area contributed by atoms with Gasteiger partial charge in [-0.15, -0.1) is 10.2 Å². The Morgan fingerprint density at radius 2 is 1.97 bits per heavy atom. The van der Waals surface area contributed by atoms with E-state index >= 15 is 0 Å². The van der Waals surface area contributed by atoms with E-state index in [0.29, 0.717) is 42.2 Å². The van der Waals surface area contributed by atoms with Gasteiger partial charge in [-0.25, -0.2) is 14.4 Å². The molecule has 4 aromatic rings. The second-order valence-corrected chi connectivity index (χ2v) is 9.37. The average Bonchev–Trinajstić information content (AvgIpc) is 3.41. The fourth-order valence-corrected chi connectivity index (χ4v) is 4.64. The van der Waals surface area contributed by atoms with E-state index in [1.165, 1.54) is 6.07 Å². The highest BCUT2D eigenvalue weighted by molar-refractivity contribution is 6.04. The molecule has 1 saturated carbocycles. The first kappa shape index (κ1) is 22.5. The fraction of sp³-hybridized carbons (Fsp3) is 0.346. The van der Waals surface area contributed by atoms with Crippen molar-refractivity contribution >= 4 is 11.7 Å². The summed E-state index contributed by atoms with van der Waals surface area (Å²) in [7, 11) is 0. The van der Waals surface area contributed by atoms with Crippen molar-refractivity contribution in [3.05, 3.63) is 71.8 Å². The van der Waals surface area contributed by atoms with Crippen LogP contribution < -0.4 is 5.32 Å². The normalized spacial score (nSPS) is 16.3. The molecule has 1 aromatic carbocycles. The van der Waals surface area contributed by atoms with Crippen LogP contribution in [0.4, 0.5) is 10.2 Å². The molecule has 2 aliphatic rings. The molecule has 0 bridgehead atoms. The predicted octanol–water partition coefficient (Wildman–Crippen LogP) is 4.45. The van der Waals surface area contributed by atoms with Gasteiger partial charge in [0.25, 0.3) is 5.91 Å². The Hall–Kier alpha value is -3.92. The molecule has 1 aliphatic heterocycles. The van der Waals surface area contributed by atoms with Crippen molar-refractivity contribution in [3.63, 3.8) is 0 Å². The lowest BCUT2D eigenvalue weighted by Gasteiger charge is -2.24. The Balaban J connectivity index is 1.25. The lowest BCUT2D eigenvalue weighted by Crippen LogP contribution is -2.20. The Bertz CT molecular complexity index is 1420. The molecule has 1 aliphatic carbocycles. The minimum Gasteiger partial charge on any atom is -0.381 e. The van der Waals surface area contributed by atoms with Crippen LogP contribution in [-0.2, 0) is 4.74 Å². The standard InChI is InChI=1S/C26H26FN7O2/c1-16-11-20(27)19(12-23(16)33-13-22(28-14-33)17-5-6-17)26(35)31-24-4-2-3-21(30-24)25-32-29-15-34(25)18-7-9-36-10-8-18/h2-4,11-15,17-18H,5-10H2,1H3,(H,30,31,35). The van der Waals surface area contributed by atoms with Crippen LogP contribution in [0.15, 0.2) is 49.2 Å². The van der Waals surface area contributed by atoms with E-state index in [-0.39, 0.29) is 11.6 Å². The summed E-state index contributed by atoms with van der Waals surface area (Å²) >= 11 is 0. The van der Waals surface area contributed by atoms with Crippen LogP contribution >= 0.6 is 0 Å². The van der Waals surface area contributed by atoms with E-state index in [9.17, 15) is 9.18 Å². The number of nitrogens with zero attached hydrogens (tertiary/aromatic N) is 6. The zero-order valence-electron chi connectivity index (χ0n) is 19.9. The van der Waals surface area contributed by atoms with Gasteiger partial charge < -0.3 is 19.2 Å². The molecule has 0 atom stereocenters. The number of nitrogens with one attached hydrogen (secondary N) is 1. The largest absolute Gasteiger partial charge is 0.381 e. The van der Waals surface area contributed by atoms with Crippen LogP contribution in [-0.4, -0.2) is 48.4 Å². The predicted molar refractivity (Wildman–Crippen MR) is 131 cm³/mol. The summed E-state index contributed by atoms with van der Waals surface area (Å²) in [6, 6.07) is 8.43. The average molecular weight is 488 g/mol. The number of anilines is 1. The molecule has 0 unspecified atom stereocenters. The van der Waals surface area contributed by atoms with Crippen LogP contribution in [0.25, 0.3) is 17.2 Å². The Morgan fingerprint density at radius 3 is 2.78 bits per heavy atom. The molecule has 184 valence electrons. The highest BCUT2D eigenvalue weighted by atomic mass is 19.1. The molecule has 3 aromatic heterocycles. The van der Waals surface area contributed by atoms with Gasteiger partial charge in [0.2, 0.25) is 0 Å². The van der Waals surface area contributed by atoms with Gasteiger partial charge in [0.15, 0.2) is 5.82 Å².